The number of ketones is 1. The van der Waals surface area contributed by atoms with Gasteiger partial charge in [0, 0.05) is 17.7 Å². The lowest BCUT2D eigenvalue weighted by Crippen LogP contribution is -2.26. The molecule has 170 valence electrons. The lowest BCUT2D eigenvalue weighted by Gasteiger charge is -2.17. The third kappa shape index (κ3) is 6.20. The molecule has 0 fully saturated rings. The van der Waals surface area contributed by atoms with E-state index in [4.69, 9.17) is 11.6 Å². The van der Waals surface area contributed by atoms with Crippen molar-refractivity contribution in [1.82, 2.24) is 0 Å². The van der Waals surface area contributed by atoms with Gasteiger partial charge in [0.25, 0.3) is 0 Å². The SMILES string of the molecule is Cc1ccc(NC(=O)Nc2ccc(-c3ccc(C(=O)CC(C)(C)C(=O)O)cc3)cc2)c(Cl)c1. The summed E-state index contributed by atoms with van der Waals surface area (Å²) in [5.74, 6) is -1.22. The Balaban J connectivity index is 1.63. The van der Waals surface area contributed by atoms with Gasteiger partial charge in [-0.15, -0.1) is 0 Å². The first-order chi connectivity index (χ1) is 15.5. The summed E-state index contributed by atoms with van der Waals surface area (Å²) in [5.41, 5.74) is 3.30. The highest BCUT2D eigenvalue weighted by Gasteiger charge is 2.30. The molecule has 3 aromatic rings. The molecule has 6 nitrogen and oxygen atoms in total. The van der Waals surface area contributed by atoms with Crippen molar-refractivity contribution in [2.75, 3.05) is 10.6 Å². The molecule has 0 bridgehead atoms. The van der Waals surface area contributed by atoms with Crippen LogP contribution in [0.3, 0.4) is 0 Å². The predicted molar refractivity (Wildman–Crippen MR) is 131 cm³/mol. The molecule has 3 rings (SSSR count). The fourth-order valence-corrected chi connectivity index (χ4v) is 3.46. The highest BCUT2D eigenvalue weighted by atomic mass is 35.5. The zero-order valence-electron chi connectivity index (χ0n) is 18.6. The Morgan fingerprint density at radius 1 is 0.879 bits per heavy atom. The van der Waals surface area contributed by atoms with Crippen molar-refractivity contribution in [3.63, 3.8) is 0 Å². The lowest BCUT2D eigenvalue weighted by molar-refractivity contribution is -0.146. The van der Waals surface area contributed by atoms with E-state index in [0.29, 0.717) is 22.0 Å². The van der Waals surface area contributed by atoms with Crippen LogP contribution >= 0.6 is 11.6 Å². The molecule has 0 saturated heterocycles. The molecular formula is C26H25ClN2O4. The Hall–Kier alpha value is -3.64. The van der Waals surface area contributed by atoms with Crippen LogP contribution in [0.25, 0.3) is 11.1 Å². The van der Waals surface area contributed by atoms with Gasteiger partial charge in [0.05, 0.1) is 16.1 Å². The highest BCUT2D eigenvalue weighted by Crippen LogP contribution is 2.26. The van der Waals surface area contributed by atoms with E-state index < -0.39 is 17.4 Å². The molecule has 3 N–H and O–H groups in total. The quantitative estimate of drug-likeness (QED) is 0.341. The molecule has 0 radical (unpaired) electrons. The number of urea groups is 1. The summed E-state index contributed by atoms with van der Waals surface area (Å²) in [4.78, 5) is 35.9. The smallest absolute Gasteiger partial charge is 0.323 e. The minimum absolute atomic E-state index is 0.0715. The number of hydrogen-bond donors (Lipinski definition) is 3. The van der Waals surface area contributed by atoms with Crippen molar-refractivity contribution in [3.8, 4) is 11.1 Å². The number of anilines is 2. The number of Topliss-reactive ketones (excluding diaryl/α,β-unsaturated/α-hetero) is 1. The van der Waals surface area contributed by atoms with Gasteiger partial charge < -0.3 is 15.7 Å². The number of carboxylic acid groups (broad SMARTS) is 1. The minimum Gasteiger partial charge on any atom is -0.481 e. The number of carbonyl (C=O) groups is 3. The summed E-state index contributed by atoms with van der Waals surface area (Å²) in [7, 11) is 0. The highest BCUT2D eigenvalue weighted by molar-refractivity contribution is 6.33. The van der Waals surface area contributed by atoms with E-state index in [9.17, 15) is 19.5 Å². The Morgan fingerprint density at radius 3 is 2.00 bits per heavy atom. The first kappa shape index (κ1) is 24.0. The van der Waals surface area contributed by atoms with Crippen LogP contribution in [0, 0.1) is 12.3 Å². The van der Waals surface area contributed by atoms with Crippen LogP contribution in [0.1, 0.15) is 36.2 Å². The number of halogens is 1. The maximum atomic E-state index is 12.4. The molecule has 0 spiro atoms. The molecule has 3 aromatic carbocycles. The third-order valence-electron chi connectivity index (χ3n) is 5.24. The van der Waals surface area contributed by atoms with Crippen LogP contribution < -0.4 is 10.6 Å². The fourth-order valence-electron chi connectivity index (χ4n) is 3.18. The van der Waals surface area contributed by atoms with Crippen molar-refractivity contribution >= 4 is 40.8 Å². The Bertz CT molecular complexity index is 1190. The summed E-state index contributed by atoms with van der Waals surface area (Å²) < 4.78 is 0. The second-order valence-electron chi connectivity index (χ2n) is 8.51. The van der Waals surface area contributed by atoms with Gasteiger partial charge in [0.2, 0.25) is 0 Å². The van der Waals surface area contributed by atoms with Gasteiger partial charge in [-0.1, -0.05) is 54.1 Å². The van der Waals surface area contributed by atoms with E-state index in [1.807, 2.05) is 37.3 Å². The lowest BCUT2D eigenvalue weighted by atomic mass is 9.85. The third-order valence-corrected chi connectivity index (χ3v) is 5.55. The largest absolute Gasteiger partial charge is 0.481 e. The van der Waals surface area contributed by atoms with E-state index in [1.165, 1.54) is 13.8 Å². The minimum atomic E-state index is -1.12. The number of carboxylic acids is 1. The Kier molecular flexibility index (Phi) is 7.19. The first-order valence-electron chi connectivity index (χ1n) is 10.4. The Labute approximate surface area is 197 Å². The van der Waals surface area contributed by atoms with Crippen molar-refractivity contribution in [1.29, 1.82) is 0 Å². The number of aliphatic carboxylic acids is 1. The van der Waals surface area contributed by atoms with Gasteiger partial charge in [-0.2, -0.15) is 0 Å². The van der Waals surface area contributed by atoms with Crippen LogP contribution in [-0.2, 0) is 4.79 Å². The number of nitrogens with one attached hydrogen (secondary N) is 2. The van der Waals surface area contributed by atoms with Gasteiger partial charge >= 0.3 is 12.0 Å². The van der Waals surface area contributed by atoms with Crippen molar-refractivity contribution in [2.24, 2.45) is 5.41 Å². The molecule has 2 amide bonds. The molecule has 33 heavy (non-hydrogen) atoms. The van der Waals surface area contributed by atoms with E-state index in [2.05, 4.69) is 10.6 Å². The molecule has 7 heteroatoms. The number of amides is 2. The summed E-state index contributed by atoms with van der Waals surface area (Å²) >= 11 is 6.15. The van der Waals surface area contributed by atoms with Gasteiger partial charge in [-0.05, 0) is 61.7 Å². The molecule has 0 atom stereocenters. The molecule has 0 aromatic heterocycles. The van der Waals surface area contributed by atoms with E-state index in [0.717, 1.165) is 16.7 Å². The first-order valence-corrected chi connectivity index (χ1v) is 10.7. The van der Waals surface area contributed by atoms with Crippen LogP contribution in [0.2, 0.25) is 5.02 Å². The normalized spacial score (nSPS) is 11.0. The van der Waals surface area contributed by atoms with Crippen molar-refractivity contribution in [2.45, 2.75) is 27.2 Å². The van der Waals surface area contributed by atoms with Crippen LogP contribution in [0.4, 0.5) is 16.2 Å². The van der Waals surface area contributed by atoms with Crippen molar-refractivity contribution in [3.05, 3.63) is 82.9 Å². The second-order valence-corrected chi connectivity index (χ2v) is 8.91. The fraction of sp³-hybridized carbons (Fsp3) is 0.192. The Morgan fingerprint density at radius 2 is 1.45 bits per heavy atom. The van der Waals surface area contributed by atoms with Gasteiger partial charge in [-0.25, -0.2) is 4.79 Å². The zero-order chi connectivity index (χ0) is 24.2. The van der Waals surface area contributed by atoms with E-state index in [-0.39, 0.29) is 12.2 Å². The summed E-state index contributed by atoms with van der Waals surface area (Å²) in [6.45, 7) is 4.99. The van der Waals surface area contributed by atoms with E-state index >= 15 is 0 Å². The van der Waals surface area contributed by atoms with E-state index in [1.54, 1.807) is 36.4 Å². The monoisotopic (exact) mass is 464 g/mol. The second kappa shape index (κ2) is 9.88. The number of hydrogen-bond acceptors (Lipinski definition) is 3. The topological polar surface area (TPSA) is 95.5 Å². The maximum Gasteiger partial charge on any atom is 0.323 e. The summed E-state index contributed by atoms with van der Waals surface area (Å²) in [5, 5.41) is 15.2. The maximum absolute atomic E-state index is 12.4. The molecule has 0 heterocycles. The molecule has 0 saturated carbocycles. The van der Waals surface area contributed by atoms with Crippen molar-refractivity contribution < 1.29 is 19.5 Å². The predicted octanol–water partition coefficient (Wildman–Crippen LogP) is 6.64. The molecule has 0 aliphatic rings. The van der Waals surface area contributed by atoms with Crippen LogP contribution in [0.5, 0.6) is 0 Å². The van der Waals surface area contributed by atoms with Crippen LogP contribution in [-0.4, -0.2) is 22.9 Å². The number of rotatable bonds is 7. The van der Waals surface area contributed by atoms with Gasteiger partial charge in [0.1, 0.15) is 0 Å². The van der Waals surface area contributed by atoms with Crippen LogP contribution in [0.15, 0.2) is 66.7 Å². The van der Waals surface area contributed by atoms with Gasteiger partial charge in [0.15, 0.2) is 5.78 Å². The average Bonchev–Trinajstić information content (AvgIpc) is 2.76. The number of benzene rings is 3. The molecule has 0 aliphatic carbocycles. The average molecular weight is 465 g/mol. The number of aryl methyl sites for hydroxylation is 1. The molecule has 0 unspecified atom stereocenters. The van der Waals surface area contributed by atoms with Gasteiger partial charge in [-0.3, -0.25) is 9.59 Å². The number of carbonyl (C=O) groups excluding carboxylic acids is 2. The summed E-state index contributed by atoms with van der Waals surface area (Å²) in [6.07, 6.45) is -0.0715. The standard InChI is InChI=1S/C26H25ClN2O4/c1-16-4-13-22(21(27)14-16)29-25(33)28-20-11-9-18(10-12-20)17-5-7-19(8-6-17)23(30)15-26(2,3)24(31)32/h4-14H,15H2,1-3H3,(H,31,32)(H2,28,29,33). The zero-order valence-corrected chi connectivity index (χ0v) is 19.4. The molecule has 0 aliphatic heterocycles. The summed E-state index contributed by atoms with van der Waals surface area (Å²) in [6, 6.07) is 19.3. The molecular weight excluding hydrogens is 440 g/mol.